The third-order valence-electron chi connectivity index (χ3n) is 2.82. The molecule has 0 saturated carbocycles. The van der Waals surface area contributed by atoms with E-state index in [1.54, 1.807) is 37.3 Å². The molecule has 1 aromatic rings. The highest BCUT2D eigenvalue weighted by molar-refractivity contribution is 8.18. The minimum atomic E-state index is -0.414. The minimum Gasteiger partial charge on any atom is -0.465 e. The highest BCUT2D eigenvalue weighted by atomic mass is 32.2. The molecule has 1 fully saturated rings. The lowest BCUT2D eigenvalue weighted by Gasteiger charge is -2.06. The number of nitrogens with zero attached hydrogens (tertiary/aromatic N) is 1. The van der Waals surface area contributed by atoms with Crippen LogP contribution in [0, 0.1) is 0 Å². The van der Waals surface area contributed by atoms with Crippen molar-refractivity contribution in [1.82, 2.24) is 4.90 Å². The van der Waals surface area contributed by atoms with Crippen LogP contribution in [-0.2, 0) is 9.53 Å². The molecular weight excluding hydrogens is 278 g/mol. The summed E-state index contributed by atoms with van der Waals surface area (Å²) >= 11 is 0.923. The molecule has 20 heavy (non-hydrogen) atoms. The van der Waals surface area contributed by atoms with Gasteiger partial charge in [-0.1, -0.05) is 12.1 Å². The highest BCUT2D eigenvalue weighted by Gasteiger charge is 2.33. The maximum absolute atomic E-state index is 11.9. The largest absolute Gasteiger partial charge is 0.465 e. The monoisotopic (exact) mass is 291 g/mol. The van der Waals surface area contributed by atoms with Crippen LogP contribution in [0.5, 0.6) is 0 Å². The maximum atomic E-state index is 11.9. The Balaban J connectivity index is 2.22. The lowest BCUT2D eigenvalue weighted by molar-refractivity contribution is -0.122. The van der Waals surface area contributed by atoms with Gasteiger partial charge in [-0.3, -0.25) is 14.5 Å². The van der Waals surface area contributed by atoms with Crippen LogP contribution in [0.4, 0.5) is 4.79 Å². The fraction of sp³-hybridized carbons (Fsp3) is 0.214. The van der Waals surface area contributed by atoms with Gasteiger partial charge in [-0.25, -0.2) is 4.79 Å². The van der Waals surface area contributed by atoms with E-state index in [1.165, 1.54) is 12.0 Å². The zero-order chi connectivity index (χ0) is 14.7. The van der Waals surface area contributed by atoms with Crippen molar-refractivity contribution in [2.45, 2.75) is 6.92 Å². The summed E-state index contributed by atoms with van der Waals surface area (Å²) in [6.07, 6.45) is 1.64. The number of hydrogen-bond donors (Lipinski definition) is 0. The van der Waals surface area contributed by atoms with E-state index in [4.69, 9.17) is 0 Å². The molecule has 0 spiro atoms. The number of esters is 1. The van der Waals surface area contributed by atoms with Gasteiger partial charge in [-0.05, 0) is 42.5 Å². The number of benzene rings is 1. The molecule has 1 aliphatic heterocycles. The second-order valence-corrected chi connectivity index (χ2v) is 5.03. The maximum Gasteiger partial charge on any atom is 0.337 e. The van der Waals surface area contributed by atoms with Crippen molar-refractivity contribution in [3.63, 3.8) is 0 Å². The molecule has 0 radical (unpaired) electrons. The number of carbonyl (C=O) groups excluding carboxylic acids is 3. The molecule has 2 amide bonds. The van der Waals surface area contributed by atoms with E-state index in [-0.39, 0.29) is 11.1 Å². The van der Waals surface area contributed by atoms with Gasteiger partial charge in [0.05, 0.1) is 17.6 Å². The summed E-state index contributed by atoms with van der Waals surface area (Å²) < 4.78 is 4.61. The topological polar surface area (TPSA) is 63.7 Å². The van der Waals surface area contributed by atoms with Crippen LogP contribution in [0.3, 0.4) is 0 Å². The molecule has 5 nitrogen and oxygen atoms in total. The normalized spacial score (nSPS) is 16.9. The molecule has 1 heterocycles. The van der Waals surface area contributed by atoms with Gasteiger partial charge in [0.1, 0.15) is 0 Å². The molecule has 2 rings (SSSR count). The molecule has 104 valence electrons. The number of hydrogen-bond acceptors (Lipinski definition) is 5. The third kappa shape index (κ3) is 2.75. The number of rotatable bonds is 3. The Labute approximate surface area is 120 Å². The van der Waals surface area contributed by atoms with Gasteiger partial charge < -0.3 is 4.74 Å². The molecule has 1 aliphatic rings. The quantitative estimate of drug-likeness (QED) is 0.632. The Morgan fingerprint density at radius 3 is 2.45 bits per heavy atom. The molecule has 1 aromatic carbocycles. The van der Waals surface area contributed by atoms with Crippen molar-refractivity contribution in [3.05, 3.63) is 40.3 Å². The molecule has 0 atom stereocenters. The summed E-state index contributed by atoms with van der Waals surface area (Å²) in [5.74, 6) is -0.692. The molecule has 1 saturated heterocycles. The molecule has 6 heteroatoms. The van der Waals surface area contributed by atoms with E-state index >= 15 is 0 Å². The number of ether oxygens (including phenoxy) is 1. The van der Waals surface area contributed by atoms with E-state index in [1.807, 2.05) is 0 Å². The standard InChI is InChI=1S/C14H13NO4S/c1-3-15-12(16)11(20-14(15)18)8-9-4-6-10(7-5-9)13(17)19-2/h4-8H,3H2,1-2H3. The fourth-order valence-corrected chi connectivity index (χ4v) is 2.66. The Kier molecular flexibility index (Phi) is 4.24. The second-order valence-electron chi connectivity index (χ2n) is 4.04. The minimum absolute atomic E-state index is 0.255. The Bertz CT molecular complexity index is 592. The van der Waals surface area contributed by atoms with Crippen molar-refractivity contribution in [3.8, 4) is 0 Å². The van der Waals surface area contributed by atoms with Crippen molar-refractivity contribution in [1.29, 1.82) is 0 Å². The Morgan fingerprint density at radius 1 is 1.30 bits per heavy atom. The number of carbonyl (C=O) groups is 3. The van der Waals surface area contributed by atoms with Crippen molar-refractivity contribution < 1.29 is 19.1 Å². The first kappa shape index (κ1) is 14.3. The predicted molar refractivity (Wildman–Crippen MR) is 76.1 cm³/mol. The molecule has 0 N–H and O–H groups in total. The molecular formula is C14H13NO4S. The van der Waals surface area contributed by atoms with Crippen molar-refractivity contribution in [2.75, 3.05) is 13.7 Å². The molecule has 0 aromatic heterocycles. The number of imide groups is 1. The summed E-state index contributed by atoms with van der Waals surface area (Å²) in [7, 11) is 1.32. The second kappa shape index (κ2) is 5.92. The summed E-state index contributed by atoms with van der Waals surface area (Å²) in [5.41, 5.74) is 1.19. The van der Waals surface area contributed by atoms with Crippen LogP contribution in [0.25, 0.3) is 6.08 Å². The van der Waals surface area contributed by atoms with Crippen LogP contribution in [-0.4, -0.2) is 35.7 Å². The number of likely N-dealkylation sites (N-methyl/N-ethyl adjacent to an activating group) is 1. The summed E-state index contributed by atoms with van der Waals surface area (Å²) in [5, 5.41) is -0.255. The summed E-state index contributed by atoms with van der Waals surface area (Å²) in [6.45, 7) is 2.12. The first-order valence-electron chi connectivity index (χ1n) is 6.00. The van der Waals surface area contributed by atoms with E-state index in [0.29, 0.717) is 17.0 Å². The average molecular weight is 291 g/mol. The highest BCUT2D eigenvalue weighted by Crippen LogP contribution is 2.31. The number of thioether (sulfide) groups is 1. The average Bonchev–Trinajstić information content (AvgIpc) is 2.73. The SMILES string of the molecule is CCN1C(=O)SC(=Cc2ccc(C(=O)OC)cc2)C1=O. The first-order chi connectivity index (χ1) is 9.56. The van der Waals surface area contributed by atoms with Crippen LogP contribution in [0.1, 0.15) is 22.8 Å². The van der Waals surface area contributed by atoms with E-state index in [0.717, 1.165) is 17.3 Å². The van der Waals surface area contributed by atoms with Crippen LogP contribution < -0.4 is 0 Å². The van der Waals surface area contributed by atoms with E-state index in [2.05, 4.69) is 4.74 Å². The summed E-state index contributed by atoms with van der Waals surface area (Å²) in [4.78, 5) is 36.4. The fourth-order valence-electron chi connectivity index (χ4n) is 1.76. The number of methoxy groups -OCH3 is 1. The van der Waals surface area contributed by atoms with Gasteiger partial charge in [-0.15, -0.1) is 0 Å². The number of amides is 2. The van der Waals surface area contributed by atoms with Crippen molar-refractivity contribution >= 4 is 35.0 Å². The van der Waals surface area contributed by atoms with Gasteiger partial charge in [0, 0.05) is 6.54 Å². The lowest BCUT2D eigenvalue weighted by Crippen LogP contribution is -2.27. The Hall–Kier alpha value is -2.08. The molecule has 0 aliphatic carbocycles. The van der Waals surface area contributed by atoms with Gasteiger partial charge >= 0.3 is 5.97 Å². The molecule has 0 bridgehead atoms. The van der Waals surface area contributed by atoms with Crippen LogP contribution >= 0.6 is 11.8 Å². The zero-order valence-corrected chi connectivity index (χ0v) is 11.9. The van der Waals surface area contributed by atoms with Gasteiger partial charge in [0.2, 0.25) is 0 Å². The van der Waals surface area contributed by atoms with Gasteiger partial charge in [-0.2, -0.15) is 0 Å². The zero-order valence-electron chi connectivity index (χ0n) is 11.1. The Morgan fingerprint density at radius 2 is 1.95 bits per heavy atom. The molecule has 0 unspecified atom stereocenters. The van der Waals surface area contributed by atoms with Gasteiger partial charge in [0.25, 0.3) is 11.1 Å². The van der Waals surface area contributed by atoms with Crippen LogP contribution in [0.15, 0.2) is 29.2 Å². The summed E-state index contributed by atoms with van der Waals surface area (Å²) in [6, 6.07) is 6.63. The first-order valence-corrected chi connectivity index (χ1v) is 6.82. The van der Waals surface area contributed by atoms with E-state index < -0.39 is 5.97 Å². The smallest absolute Gasteiger partial charge is 0.337 e. The van der Waals surface area contributed by atoms with Crippen LogP contribution in [0.2, 0.25) is 0 Å². The predicted octanol–water partition coefficient (Wildman–Crippen LogP) is 2.53. The van der Waals surface area contributed by atoms with Crippen molar-refractivity contribution in [2.24, 2.45) is 0 Å². The third-order valence-corrected chi connectivity index (χ3v) is 3.73. The lowest BCUT2D eigenvalue weighted by atomic mass is 10.1. The van der Waals surface area contributed by atoms with E-state index in [9.17, 15) is 14.4 Å². The van der Waals surface area contributed by atoms with Gasteiger partial charge in [0.15, 0.2) is 0 Å².